The van der Waals surface area contributed by atoms with Crippen molar-refractivity contribution in [2.45, 2.75) is 228 Å². The van der Waals surface area contributed by atoms with Gasteiger partial charge in [0, 0.05) is 60.6 Å². The van der Waals surface area contributed by atoms with Crippen LogP contribution in [0.25, 0.3) is 6.08 Å². The first-order chi connectivity index (χ1) is 37.3. The molecule has 0 radical (unpaired) electrons. The Morgan fingerprint density at radius 1 is 0.506 bits per heavy atom. The molecule has 444 valence electrons. The van der Waals surface area contributed by atoms with Gasteiger partial charge in [-0.15, -0.1) is 0 Å². The normalized spacial score (nSPS) is 9.97. The molecule has 0 spiro atoms. The van der Waals surface area contributed by atoms with Gasteiger partial charge in [0.2, 0.25) is 0 Å². The number of ether oxygens (including phenoxy) is 2. The van der Waals surface area contributed by atoms with Gasteiger partial charge in [0.25, 0.3) is 0 Å². The molecule has 0 amide bonds. The Bertz CT molecular complexity index is 2070. The minimum absolute atomic E-state index is 0. The van der Waals surface area contributed by atoms with Crippen LogP contribution in [0.5, 0.6) is 0 Å². The Labute approximate surface area is 498 Å². The molecule has 0 bridgehead atoms. The molecule has 79 heavy (non-hydrogen) atoms. The van der Waals surface area contributed by atoms with E-state index in [4.69, 9.17) is 24.8 Å². The molecule has 8 N–H and O–H groups in total. The number of carboxylic acid groups (broad SMARTS) is 2. The largest absolute Gasteiger partial charge is 1.00 e. The number of aliphatic hydroxyl groups is 1. The van der Waals surface area contributed by atoms with E-state index in [1.165, 1.54) is 157 Å². The van der Waals surface area contributed by atoms with Gasteiger partial charge in [-0.2, -0.15) is 0 Å². The molecular weight excluding hydrogens is 1010 g/mol. The Hall–Kier alpha value is -4.93. The maximum absolute atomic E-state index is 11.3. The average molecular weight is 1120 g/mol. The van der Waals surface area contributed by atoms with Crippen molar-refractivity contribution < 1.29 is 83.8 Å². The molecule has 4 aromatic heterocycles. The number of rotatable bonds is 36. The van der Waals surface area contributed by atoms with Crippen LogP contribution in [0, 0.1) is 0 Å². The van der Waals surface area contributed by atoms with Gasteiger partial charge in [0.1, 0.15) is 0 Å². The number of nitrogens with one attached hydrogen (secondary N) is 4. The molecule has 4 aromatic rings. The van der Waals surface area contributed by atoms with Gasteiger partial charge in [0.15, 0.2) is 6.29 Å². The SMILES string of the molecule is C=CC(=O)O.CCCCCCCc1c[nH]c(/C=C/C(=O)OCC)c1.CCCCCCCc1c[nH]c(C=O)c1.CCCCCCCc1c[nH]c(CCC(=O)O)c1.CCCCCCCc1c[nH]c(CCC(=O)OCC)c1.CCO.[Na+].[OH-]. The number of carbonyl (C=O) groups is 5. The number of unbranched alkanes of at least 4 members (excludes halogenated alkanes) is 16. The molecule has 16 heteroatoms. The van der Waals surface area contributed by atoms with Gasteiger partial charge >= 0.3 is 53.4 Å². The summed E-state index contributed by atoms with van der Waals surface area (Å²) in [5.41, 5.74) is 9.04. The third-order valence-electron chi connectivity index (χ3n) is 11.9. The molecule has 0 saturated carbocycles. The standard InChI is InChI=1S/C16H27NO2.C16H25NO2.C14H23NO2.C12H19NO.C3H4O2.C2H6O.Na.H2O/c2*1-3-5-6-7-8-9-14-12-15(17-13-14)10-11-16(18)19-4-2;1-2-3-4-5-6-7-12-10-13(15-11-12)8-9-14(16)17;1-2-3-4-5-6-7-11-8-12(10-14)13-9-11;1-2-3(4)5;1-2-3;;/h12-13,17H,3-11H2,1-2H3;10-13,17H,3-9H2,1-2H3;10-11,15H,2-9H2,1H3,(H,16,17);8-10,13H,2-7H2,1H3;2H,1H2,(H,4,5);3H,2H2,1H3;;1H2/q;;;;;;+1;/p-1/b;11-10+;;;;;;. The summed E-state index contributed by atoms with van der Waals surface area (Å²) >= 11 is 0. The number of esters is 2. The second-order valence-electron chi connectivity index (χ2n) is 18.9. The molecule has 15 nitrogen and oxygen atoms in total. The molecule has 0 fully saturated rings. The summed E-state index contributed by atoms with van der Waals surface area (Å²) in [6, 6.07) is 8.31. The number of aliphatic hydroxyl groups excluding tert-OH is 1. The Morgan fingerprint density at radius 3 is 1.19 bits per heavy atom. The minimum atomic E-state index is -0.981. The van der Waals surface area contributed by atoms with Crippen LogP contribution < -0.4 is 29.6 Å². The maximum atomic E-state index is 11.3. The maximum Gasteiger partial charge on any atom is 1.00 e. The van der Waals surface area contributed by atoms with Gasteiger partial charge in [-0.1, -0.05) is 137 Å². The van der Waals surface area contributed by atoms with E-state index in [1.54, 1.807) is 19.9 Å². The number of aromatic amines is 4. The molecule has 0 aliphatic rings. The zero-order valence-corrected chi connectivity index (χ0v) is 52.2. The smallest absolute Gasteiger partial charge is 0.870 e. The van der Waals surface area contributed by atoms with Crippen LogP contribution in [0.3, 0.4) is 0 Å². The van der Waals surface area contributed by atoms with E-state index in [0.29, 0.717) is 31.7 Å². The van der Waals surface area contributed by atoms with Gasteiger partial charge in [0.05, 0.1) is 31.7 Å². The van der Waals surface area contributed by atoms with Crippen molar-refractivity contribution in [2.75, 3.05) is 19.8 Å². The number of carbonyl (C=O) groups excluding carboxylic acids is 3. The molecule has 4 rings (SSSR count). The van der Waals surface area contributed by atoms with E-state index >= 15 is 0 Å². The monoisotopic (exact) mass is 1120 g/mol. The number of hydrogen-bond acceptors (Lipinski definition) is 9. The van der Waals surface area contributed by atoms with Crippen molar-refractivity contribution in [1.29, 1.82) is 0 Å². The number of hydrogen-bond donors (Lipinski definition) is 7. The third kappa shape index (κ3) is 52.2. The Balaban J connectivity index is -0.000000451. The second-order valence-corrected chi connectivity index (χ2v) is 18.9. The summed E-state index contributed by atoms with van der Waals surface area (Å²) in [4.78, 5) is 65.0. The van der Waals surface area contributed by atoms with E-state index in [0.717, 1.165) is 61.5 Å². The summed E-state index contributed by atoms with van der Waals surface area (Å²) in [6.45, 7) is 18.3. The van der Waals surface area contributed by atoms with Crippen molar-refractivity contribution in [2.24, 2.45) is 0 Å². The number of aromatic nitrogens is 4. The second kappa shape index (κ2) is 59.2. The molecule has 0 saturated heterocycles. The summed E-state index contributed by atoms with van der Waals surface area (Å²) in [5.74, 6) is -2.12. The number of aryl methyl sites for hydroxylation is 6. The third-order valence-corrected chi connectivity index (χ3v) is 11.9. The van der Waals surface area contributed by atoms with E-state index in [-0.39, 0.29) is 60.0 Å². The summed E-state index contributed by atoms with van der Waals surface area (Å²) in [6.07, 6.45) is 45.4. The summed E-state index contributed by atoms with van der Waals surface area (Å²) in [7, 11) is 0. The predicted molar refractivity (Wildman–Crippen MR) is 318 cm³/mol. The van der Waals surface area contributed by atoms with Crippen molar-refractivity contribution in [3.8, 4) is 0 Å². The van der Waals surface area contributed by atoms with Crippen LogP contribution in [-0.4, -0.2) is 90.7 Å². The van der Waals surface area contributed by atoms with E-state index in [9.17, 15) is 24.0 Å². The molecule has 0 aliphatic carbocycles. The Morgan fingerprint density at radius 2 is 0.848 bits per heavy atom. The van der Waals surface area contributed by atoms with Crippen LogP contribution in [-0.2, 0) is 67.2 Å². The van der Waals surface area contributed by atoms with Crippen LogP contribution in [0.4, 0.5) is 0 Å². The fraction of sp³-hybridized carbons (Fsp3) is 0.603. The molecule has 0 atom stereocenters. The van der Waals surface area contributed by atoms with Crippen molar-refractivity contribution in [3.05, 3.63) is 113 Å². The van der Waals surface area contributed by atoms with Crippen LogP contribution in [0.1, 0.15) is 240 Å². The minimum Gasteiger partial charge on any atom is -0.870 e. The van der Waals surface area contributed by atoms with Gasteiger partial charge in [-0.3, -0.25) is 14.4 Å². The van der Waals surface area contributed by atoms with E-state index in [1.807, 2.05) is 31.6 Å². The van der Waals surface area contributed by atoms with Crippen LogP contribution >= 0.6 is 0 Å². The van der Waals surface area contributed by atoms with Crippen molar-refractivity contribution in [3.63, 3.8) is 0 Å². The molecule has 0 aromatic carbocycles. The average Bonchev–Trinajstić information content (AvgIpc) is 4.27. The first-order valence-corrected chi connectivity index (χ1v) is 29.1. The zero-order chi connectivity index (χ0) is 57.6. The number of aliphatic carboxylic acids is 2. The summed E-state index contributed by atoms with van der Waals surface area (Å²) in [5, 5.41) is 23.8. The Kier molecular flexibility index (Phi) is 60.4. The predicted octanol–water partition coefficient (Wildman–Crippen LogP) is 12.1. The first-order valence-electron chi connectivity index (χ1n) is 29.1. The molecule has 0 aliphatic heterocycles. The molecule has 0 unspecified atom stereocenters. The zero-order valence-electron chi connectivity index (χ0n) is 50.2. The summed E-state index contributed by atoms with van der Waals surface area (Å²) < 4.78 is 9.75. The first kappa shape index (κ1) is 80.5. The topological polar surface area (TPSA) is 258 Å². The molecule has 4 heterocycles. The number of carboxylic acids is 2. The number of aldehydes is 1. The van der Waals surface area contributed by atoms with Crippen LogP contribution in [0.15, 0.2) is 67.8 Å². The number of H-pyrrole nitrogens is 4. The fourth-order valence-corrected chi connectivity index (χ4v) is 7.72. The molecular formula is C63H105N4NaO11. The van der Waals surface area contributed by atoms with Gasteiger partial charge < -0.3 is 50.2 Å². The van der Waals surface area contributed by atoms with Crippen LogP contribution in [0.2, 0.25) is 0 Å². The van der Waals surface area contributed by atoms with Crippen molar-refractivity contribution in [1.82, 2.24) is 19.9 Å². The quantitative estimate of drug-likeness (QED) is 0.00741. The van der Waals surface area contributed by atoms with Gasteiger partial charge in [-0.25, -0.2) is 9.59 Å². The van der Waals surface area contributed by atoms with Crippen molar-refractivity contribution >= 4 is 36.2 Å². The van der Waals surface area contributed by atoms with E-state index in [2.05, 4.69) is 78.6 Å². The van der Waals surface area contributed by atoms with Gasteiger partial charge in [-0.05, 0) is 138 Å². The fourth-order valence-electron chi connectivity index (χ4n) is 7.72. The van der Waals surface area contributed by atoms with E-state index < -0.39 is 11.9 Å².